The lowest BCUT2D eigenvalue weighted by Gasteiger charge is -2.29. The number of benzene rings is 1. The molecule has 4 aromatic rings. The number of aliphatic hydroxyl groups excluding tert-OH is 1. The molecule has 0 bridgehead atoms. The molecule has 188 valence electrons. The number of aliphatic hydroxyl groups is 1. The predicted octanol–water partition coefficient (Wildman–Crippen LogP) is 2.09. The molecule has 0 radical (unpaired) electrons. The first-order chi connectivity index (χ1) is 17.6. The van der Waals surface area contributed by atoms with Gasteiger partial charge in [-0.1, -0.05) is 12.1 Å². The van der Waals surface area contributed by atoms with Crippen molar-refractivity contribution in [3.05, 3.63) is 52.2 Å². The van der Waals surface area contributed by atoms with Crippen molar-refractivity contribution in [2.24, 2.45) is 0 Å². The van der Waals surface area contributed by atoms with Gasteiger partial charge in [-0.2, -0.15) is 0 Å². The number of morpholine rings is 1. The Hall–Kier alpha value is -3.05. The number of amides is 1. The molecule has 6 rings (SSSR count). The highest BCUT2D eigenvalue weighted by Gasteiger charge is 2.24. The van der Waals surface area contributed by atoms with Gasteiger partial charge < -0.3 is 25.0 Å². The third kappa shape index (κ3) is 4.24. The molecule has 1 amide bonds. The third-order valence-corrected chi connectivity index (χ3v) is 8.25. The summed E-state index contributed by atoms with van der Waals surface area (Å²) in [5.74, 6) is 0.443. The highest BCUT2D eigenvalue weighted by molar-refractivity contribution is 7.24. The first-order valence-corrected chi connectivity index (χ1v) is 13.3. The van der Waals surface area contributed by atoms with Crippen LogP contribution in [0.5, 0.6) is 0 Å². The van der Waals surface area contributed by atoms with Crippen molar-refractivity contribution < 1.29 is 14.6 Å². The standard InChI is InChI=1S/C26H29N5O4S/c32-17-7-10-29(11-8-17)12-9-27-25(34)22-23(33)18-5-6-21(30-13-15-35-16-14-30)28-24(18)31-19-3-1-2-4-20(19)36-26(22)31/h1-6,17,32H,7-16H2,(H,27,34). The molecule has 3 aromatic heterocycles. The van der Waals surface area contributed by atoms with E-state index in [4.69, 9.17) is 9.72 Å². The molecule has 5 heterocycles. The molecule has 0 atom stereocenters. The Morgan fingerprint density at radius 3 is 2.69 bits per heavy atom. The molecule has 9 nitrogen and oxygen atoms in total. The van der Waals surface area contributed by atoms with Gasteiger partial charge in [-0.25, -0.2) is 4.98 Å². The average molecular weight is 508 g/mol. The molecule has 0 spiro atoms. The van der Waals surface area contributed by atoms with E-state index in [0.717, 1.165) is 55.1 Å². The molecule has 2 aliphatic rings. The lowest BCUT2D eigenvalue weighted by Crippen LogP contribution is -2.41. The maximum atomic E-state index is 13.7. The van der Waals surface area contributed by atoms with E-state index in [0.29, 0.717) is 42.2 Å². The summed E-state index contributed by atoms with van der Waals surface area (Å²) in [5, 5.41) is 13.1. The monoisotopic (exact) mass is 507 g/mol. The lowest BCUT2D eigenvalue weighted by molar-refractivity contribution is 0.0804. The molecule has 2 saturated heterocycles. The third-order valence-electron chi connectivity index (χ3n) is 7.11. The number of nitrogens with zero attached hydrogens (tertiary/aromatic N) is 4. The Morgan fingerprint density at radius 1 is 1.11 bits per heavy atom. The number of carbonyl (C=O) groups is 1. The number of likely N-dealkylation sites (tertiary alicyclic amines) is 1. The van der Waals surface area contributed by atoms with E-state index < -0.39 is 0 Å². The Labute approximate surface area is 211 Å². The molecule has 0 aliphatic carbocycles. The molecule has 2 aliphatic heterocycles. The maximum Gasteiger partial charge on any atom is 0.258 e. The fraction of sp³-hybridized carbons (Fsp3) is 0.423. The van der Waals surface area contributed by atoms with Gasteiger partial charge in [-0.3, -0.25) is 14.0 Å². The molecule has 0 unspecified atom stereocenters. The van der Waals surface area contributed by atoms with E-state index in [-0.39, 0.29) is 23.0 Å². The number of thiazole rings is 1. The Morgan fingerprint density at radius 2 is 1.89 bits per heavy atom. The van der Waals surface area contributed by atoms with E-state index in [1.807, 2.05) is 34.7 Å². The van der Waals surface area contributed by atoms with Crippen molar-refractivity contribution in [2.45, 2.75) is 18.9 Å². The van der Waals surface area contributed by atoms with Crippen LogP contribution in [0.25, 0.3) is 26.1 Å². The molecule has 1 aromatic carbocycles. The summed E-state index contributed by atoms with van der Waals surface area (Å²) in [6, 6.07) is 11.6. The first kappa shape index (κ1) is 23.4. The van der Waals surface area contributed by atoms with Gasteiger partial charge in [0.2, 0.25) is 5.43 Å². The van der Waals surface area contributed by atoms with Gasteiger partial charge in [0.25, 0.3) is 5.91 Å². The van der Waals surface area contributed by atoms with Gasteiger partial charge >= 0.3 is 0 Å². The molecule has 2 fully saturated rings. The molecular formula is C26H29N5O4S. The quantitative estimate of drug-likeness (QED) is 0.427. The van der Waals surface area contributed by atoms with Crippen molar-refractivity contribution in [3.63, 3.8) is 0 Å². The number of hydrogen-bond acceptors (Lipinski definition) is 8. The summed E-state index contributed by atoms with van der Waals surface area (Å²) >= 11 is 1.44. The van der Waals surface area contributed by atoms with Crippen LogP contribution >= 0.6 is 11.3 Å². The van der Waals surface area contributed by atoms with Gasteiger partial charge in [-0.05, 0) is 37.1 Å². The Bertz CT molecular complexity index is 1480. The zero-order chi connectivity index (χ0) is 24.6. The summed E-state index contributed by atoms with van der Waals surface area (Å²) < 4.78 is 8.43. The summed E-state index contributed by atoms with van der Waals surface area (Å²) in [6.07, 6.45) is 1.27. The van der Waals surface area contributed by atoms with Crippen molar-refractivity contribution in [2.75, 3.05) is 57.4 Å². The smallest absolute Gasteiger partial charge is 0.258 e. The molecule has 10 heteroatoms. The van der Waals surface area contributed by atoms with Crippen LogP contribution < -0.4 is 15.6 Å². The van der Waals surface area contributed by atoms with Crippen molar-refractivity contribution in [1.29, 1.82) is 0 Å². The zero-order valence-electron chi connectivity index (χ0n) is 20.0. The normalized spacial score (nSPS) is 17.9. The van der Waals surface area contributed by atoms with Crippen LogP contribution in [0.3, 0.4) is 0 Å². The van der Waals surface area contributed by atoms with Crippen LogP contribution in [-0.4, -0.2) is 83.9 Å². The fourth-order valence-corrected chi connectivity index (χ4v) is 6.29. The SMILES string of the molecule is O=C(NCCN1CCC(O)CC1)c1c(=O)c2ccc(N3CCOCC3)nc2n2c1sc1ccccc12. The van der Waals surface area contributed by atoms with Crippen LogP contribution in [0.15, 0.2) is 41.2 Å². The van der Waals surface area contributed by atoms with E-state index >= 15 is 0 Å². The topological polar surface area (TPSA) is 99.4 Å². The number of para-hydroxylation sites is 1. The van der Waals surface area contributed by atoms with Gasteiger partial charge in [-0.15, -0.1) is 11.3 Å². The summed E-state index contributed by atoms with van der Waals surface area (Å²) in [6.45, 7) is 5.54. The molecule has 2 N–H and O–H groups in total. The number of aromatic nitrogens is 2. The Balaban J connectivity index is 1.40. The van der Waals surface area contributed by atoms with Crippen LogP contribution in [0.1, 0.15) is 23.2 Å². The minimum absolute atomic E-state index is 0.165. The van der Waals surface area contributed by atoms with Gasteiger partial charge in [0.1, 0.15) is 16.2 Å². The lowest BCUT2D eigenvalue weighted by atomic mass is 10.1. The van der Waals surface area contributed by atoms with E-state index in [9.17, 15) is 14.7 Å². The number of pyridine rings is 2. The largest absolute Gasteiger partial charge is 0.393 e. The van der Waals surface area contributed by atoms with Crippen molar-refractivity contribution >= 4 is 49.1 Å². The number of nitrogens with one attached hydrogen (secondary N) is 1. The van der Waals surface area contributed by atoms with Gasteiger partial charge in [0.05, 0.1) is 34.9 Å². The summed E-state index contributed by atoms with van der Waals surface area (Å²) in [7, 11) is 0. The number of carbonyl (C=O) groups excluding carboxylic acids is 1. The second kappa shape index (κ2) is 9.78. The molecule has 0 saturated carbocycles. The van der Waals surface area contributed by atoms with Crippen LogP contribution in [0, 0.1) is 0 Å². The van der Waals surface area contributed by atoms with Gasteiger partial charge in [0.15, 0.2) is 5.65 Å². The highest BCUT2D eigenvalue weighted by atomic mass is 32.1. The Kier molecular flexibility index (Phi) is 6.34. The van der Waals surface area contributed by atoms with E-state index in [1.54, 1.807) is 6.07 Å². The first-order valence-electron chi connectivity index (χ1n) is 12.5. The van der Waals surface area contributed by atoms with Gasteiger partial charge in [0, 0.05) is 39.3 Å². The number of ether oxygens (including phenoxy) is 1. The number of rotatable bonds is 5. The average Bonchev–Trinajstić information content (AvgIpc) is 3.29. The number of fused-ring (bicyclic) bond motifs is 5. The number of anilines is 1. The van der Waals surface area contributed by atoms with Crippen LogP contribution in [0.2, 0.25) is 0 Å². The number of piperidine rings is 1. The minimum atomic E-state index is -0.361. The van der Waals surface area contributed by atoms with Crippen molar-refractivity contribution in [1.82, 2.24) is 19.6 Å². The zero-order valence-corrected chi connectivity index (χ0v) is 20.8. The predicted molar refractivity (Wildman–Crippen MR) is 141 cm³/mol. The summed E-state index contributed by atoms with van der Waals surface area (Å²) in [4.78, 5) is 37.0. The molecular weight excluding hydrogens is 478 g/mol. The molecule has 36 heavy (non-hydrogen) atoms. The van der Waals surface area contributed by atoms with Crippen LogP contribution in [-0.2, 0) is 4.74 Å². The second-order valence-electron chi connectivity index (χ2n) is 9.38. The van der Waals surface area contributed by atoms with E-state index in [1.165, 1.54) is 11.3 Å². The van der Waals surface area contributed by atoms with Crippen molar-refractivity contribution in [3.8, 4) is 0 Å². The minimum Gasteiger partial charge on any atom is -0.393 e. The summed E-state index contributed by atoms with van der Waals surface area (Å²) in [5.41, 5.74) is 1.37. The second-order valence-corrected chi connectivity index (χ2v) is 10.4. The van der Waals surface area contributed by atoms with Crippen LogP contribution in [0.4, 0.5) is 5.82 Å². The highest BCUT2D eigenvalue weighted by Crippen LogP contribution is 2.31. The maximum absolute atomic E-state index is 13.7. The number of hydrogen-bond donors (Lipinski definition) is 2. The fourth-order valence-electron chi connectivity index (χ4n) is 5.11. The van der Waals surface area contributed by atoms with E-state index in [2.05, 4.69) is 15.1 Å².